The highest BCUT2D eigenvalue weighted by atomic mass is 16.5. The van der Waals surface area contributed by atoms with E-state index in [4.69, 9.17) is 4.74 Å². The Kier molecular flexibility index (Phi) is 5.86. The Bertz CT molecular complexity index is 413. The maximum absolute atomic E-state index is 5.92. The lowest BCUT2D eigenvalue weighted by atomic mass is 9.99. The standard InChI is InChI=1S/C17H28N2O/c1-14-6-7-15(2)17(11-14)20-10-9-19(3)13-16-5-4-8-18-12-16/h6-7,11,16,18H,4-5,8-10,12-13H2,1-3H3. The molecule has 0 radical (unpaired) electrons. The van der Waals surface area contributed by atoms with Gasteiger partial charge in [-0.25, -0.2) is 0 Å². The summed E-state index contributed by atoms with van der Waals surface area (Å²) in [5.41, 5.74) is 2.47. The van der Waals surface area contributed by atoms with Crippen LogP contribution in [0.1, 0.15) is 24.0 Å². The zero-order valence-corrected chi connectivity index (χ0v) is 13.1. The van der Waals surface area contributed by atoms with Crippen molar-refractivity contribution in [2.75, 3.05) is 39.8 Å². The van der Waals surface area contributed by atoms with Gasteiger partial charge < -0.3 is 15.0 Å². The zero-order chi connectivity index (χ0) is 14.4. The van der Waals surface area contributed by atoms with E-state index in [0.29, 0.717) is 0 Å². The van der Waals surface area contributed by atoms with Crippen molar-refractivity contribution in [3.63, 3.8) is 0 Å². The number of piperidine rings is 1. The van der Waals surface area contributed by atoms with Crippen LogP contribution < -0.4 is 10.1 Å². The number of nitrogens with zero attached hydrogens (tertiary/aromatic N) is 1. The molecule has 20 heavy (non-hydrogen) atoms. The third-order valence-electron chi connectivity index (χ3n) is 4.04. The quantitative estimate of drug-likeness (QED) is 0.864. The smallest absolute Gasteiger partial charge is 0.122 e. The van der Waals surface area contributed by atoms with Gasteiger partial charge in [0.15, 0.2) is 0 Å². The second-order valence-electron chi connectivity index (χ2n) is 6.09. The van der Waals surface area contributed by atoms with Crippen molar-refractivity contribution >= 4 is 0 Å². The van der Waals surface area contributed by atoms with Crippen molar-refractivity contribution in [1.29, 1.82) is 0 Å². The number of aryl methyl sites for hydroxylation is 2. The Morgan fingerprint density at radius 1 is 1.35 bits per heavy atom. The van der Waals surface area contributed by atoms with Gasteiger partial charge in [-0.2, -0.15) is 0 Å². The van der Waals surface area contributed by atoms with Crippen LogP contribution in [0.4, 0.5) is 0 Å². The first kappa shape index (κ1) is 15.3. The Morgan fingerprint density at radius 2 is 2.20 bits per heavy atom. The van der Waals surface area contributed by atoms with E-state index < -0.39 is 0 Å². The molecule has 3 nitrogen and oxygen atoms in total. The molecule has 1 atom stereocenters. The molecule has 2 rings (SSSR count). The van der Waals surface area contributed by atoms with Crippen molar-refractivity contribution in [2.24, 2.45) is 5.92 Å². The number of benzene rings is 1. The lowest BCUT2D eigenvalue weighted by Crippen LogP contribution is -2.38. The van der Waals surface area contributed by atoms with Crippen LogP contribution in [-0.2, 0) is 0 Å². The van der Waals surface area contributed by atoms with Gasteiger partial charge in [-0.1, -0.05) is 12.1 Å². The SMILES string of the molecule is Cc1ccc(C)c(OCCN(C)CC2CCCNC2)c1. The Labute approximate surface area is 123 Å². The van der Waals surface area contributed by atoms with Crippen molar-refractivity contribution in [1.82, 2.24) is 10.2 Å². The van der Waals surface area contributed by atoms with Gasteiger partial charge >= 0.3 is 0 Å². The molecule has 1 aromatic carbocycles. The summed E-state index contributed by atoms with van der Waals surface area (Å²) < 4.78 is 5.92. The molecule has 1 saturated heterocycles. The molecule has 0 amide bonds. The monoisotopic (exact) mass is 276 g/mol. The fraction of sp³-hybridized carbons (Fsp3) is 0.647. The molecule has 0 aromatic heterocycles. The lowest BCUT2D eigenvalue weighted by molar-refractivity contribution is 0.200. The van der Waals surface area contributed by atoms with Crippen LogP contribution in [0.2, 0.25) is 0 Å². The molecule has 1 aliphatic heterocycles. The average molecular weight is 276 g/mol. The molecule has 112 valence electrons. The number of rotatable bonds is 6. The first-order valence-corrected chi connectivity index (χ1v) is 7.74. The number of nitrogens with one attached hydrogen (secondary N) is 1. The maximum atomic E-state index is 5.92. The van der Waals surface area contributed by atoms with Crippen LogP contribution in [-0.4, -0.2) is 44.7 Å². The van der Waals surface area contributed by atoms with E-state index in [2.05, 4.69) is 49.3 Å². The van der Waals surface area contributed by atoms with Crippen molar-refractivity contribution in [2.45, 2.75) is 26.7 Å². The van der Waals surface area contributed by atoms with Gasteiger partial charge in [0, 0.05) is 13.1 Å². The van der Waals surface area contributed by atoms with Gasteiger partial charge in [-0.15, -0.1) is 0 Å². The van der Waals surface area contributed by atoms with Gasteiger partial charge in [-0.3, -0.25) is 0 Å². The lowest BCUT2D eigenvalue weighted by Gasteiger charge is -2.27. The minimum absolute atomic E-state index is 0.765. The van der Waals surface area contributed by atoms with E-state index in [9.17, 15) is 0 Å². The predicted octanol–water partition coefficient (Wildman–Crippen LogP) is 2.61. The second-order valence-corrected chi connectivity index (χ2v) is 6.09. The largest absolute Gasteiger partial charge is 0.492 e. The topological polar surface area (TPSA) is 24.5 Å². The van der Waals surface area contributed by atoms with Gasteiger partial charge in [-0.05, 0) is 69.9 Å². The average Bonchev–Trinajstić information content (AvgIpc) is 2.44. The molecule has 0 spiro atoms. The number of likely N-dealkylation sites (N-methyl/N-ethyl adjacent to an activating group) is 1. The van der Waals surface area contributed by atoms with Crippen LogP contribution in [0.3, 0.4) is 0 Å². The molecular weight excluding hydrogens is 248 g/mol. The number of hydrogen-bond acceptors (Lipinski definition) is 3. The summed E-state index contributed by atoms with van der Waals surface area (Å²) in [4.78, 5) is 2.39. The summed E-state index contributed by atoms with van der Waals surface area (Å²) in [6.45, 7) is 9.49. The highest BCUT2D eigenvalue weighted by Gasteiger charge is 2.14. The Morgan fingerprint density at radius 3 is 2.95 bits per heavy atom. The van der Waals surface area contributed by atoms with Gasteiger partial charge in [0.05, 0.1) is 0 Å². The van der Waals surface area contributed by atoms with Crippen LogP contribution in [0.5, 0.6) is 5.75 Å². The van der Waals surface area contributed by atoms with E-state index in [1.54, 1.807) is 0 Å². The third-order valence-corrected chi connectivity index (χ3v) is 4.04. The van der Waals surface area contributed by atoms with Crippen LogP contribution in [0, 0.1) is 19.8 Å². The molecule has 1 aromatic rings. The van der Waals surface area contributed by atoms with Gasteiger partial charge in [0.25, 0.3) is 0 Å². The fourth-order valence-electron chi connectivity index (χ4n) is 2.79. The maximum Gasteiger partial charge on any atom is 0.122 e. The first-order chi connectivity index (χ1) is 9.65. The molecule has 0 bridgehead atoms. The summed E-state index contributed by atoms with van der Waals surface area (Å²) in [7, 11) is 2.20. The second kappa shape index (κ2) is 7.65. The predicted molar refractivity (Wildman–Crippen MR) is 84.5 cm³/mol. The summed E-state index contributed by atoms with van der Waals surface area (Å²) in [5, 5.41) is 3.48. The molecule has 0 aliphatic carbocycles. The van der Waals surface area contributed by atoms with Crippen molar-refractivity contribution in [3.05, 3.63) is 29.3 Å². The van der Waals surface area contributed by atoms with E-state index in [1.807, 2.05) is 0 Å². The first-order valence-electron chi connectivity index (χ1n) is 7.74. The van der Waals surface area contributed by atoms with Crippen molar-refractivity contribution < 1.29 is 4.74 Å². The molecule has 1 unspecified atom stereocenters. The van der Waals surface area contributed by atoms with E-state index in [-0.39, 0.29) is 0 Å². The van der Waals surface area contributed by atoms with Crippen LogP contribution in [0.25, 0.3) is 0 Å². The molecular formula is C17H28N2O. The highest BCUT2D eigenvalue weighted by molar-refractivity contribution is 5.35. The molecule has 1 aliphatic rings. The fourth-order valence-corrected chi connectivity index (χ4v) is 2.79. The number of hydrogen-bond donors (Lipinski definition) is 1. The zero-order valence-electron chi connectivity index (χ0n) is 13.1. The van der Waals surface area contributed by atoms with E-state index >= 15 is 0 Å². The number of ether oxygens (including phenoxy) is 1. The summed E-state index contributed by atoms with van der Waals surface area (Å²) in [5.74, 6) is 1.83. The summed E-state index contributed by atoms with van der Waals surface area (Å²) in [6, 6.07) is 6.38. The molecule has 1 fully saturated rings. The van der Waals surface area contributed by atoms with Gasteiger partial charge in [0.1, 0.15) is 12.4 Å². The Hall–Kier alpha value is -1.06. The molecule has 3 heteroatoms. The summed E-state index contributed by atoms with van der Waals surface area (Å²) >= 11 is 0. The minimum Gasteiger partial charge on any atom is -0.492 e. The van der Waals surface area contributed by atoms with Crippen LogP contribution in [0.15, 0.2) is 18.2 Å². The molecule has 0 saturated carbocycles. The van der Waals surface area contributed by atoms with E-state index in [1.165, 1.54) is 43.6 Å². The summed E-state index contributed by atoms with van der Waals surface area (Å²) in [6.07, 6.45) is 2.67. The Balaban J connectivity index is 1.70. The van der Waals surface area contributed by atoms with E-state index in [0.717, 1.165) is 24.8 Å². The van der Waals surface area contributed by atoms with Crippen molar-refractivity contribution in [3.8, 4) is 5.75 Å². The third kappa shape index (κ3) is 4.80. The molecule has 1 N–H and O–H groups in total. The highest BCUT2D eigenvalue weighted by Crippen LogP contribution is 2.19. The van der Waals surface area contributed by atoms with Crippen LogP contribution >= 0.6 is 0 Å². The minimum atomic E-state index is 0.765. The normalized spacial score (nSPS) is 19.3. The molecule has 1 heterocycles. The van der Waals surface area contributed by atoms with Gasteiger partial charge in [0.2, 0.25) is 0 Å².